The Bertz CT molecular complexity index is 434. The topological polar surface area (TPSA) is 61.3 Å². The third kappa shape index (κ3) is 2.49. The van der Waals surface area contributed by atoms with Gasteiger partial charge in [0.15, 0.2) is 5.76 Å². The summed E-state index contributed by atoms with van der Waals surface area (Å²) < 4.78 is 10.5. The van der Waals surface area contributed by atoms with Crippen LogP contribution in [0.3, 0.4) is 0 Å². The average molecular weight is 204 g/mol. The molecular formula is C11H12N2O2. The number of rotatable bonds is 3. The number of anilines is 1. The Balaban J connectivity index is 1.96. The van der Waals surface area contributed by atoms with Gasteiger partial charge in [-0.2, -0.15) is 0 Å². The molecule has 15 heavy (non-hydrogen) atoms. The van der Waals surface area contributed by atoms with E-state index >= 15 is 0 Å². The summed E-state index contributed by atoms with van der Waals surface area (Å²) in [4.78, 5) is 3.77. The molecule has 0 saturated carbocycles. The summed E-state index contributed by atoms with van der Waals surface area (Å²) in [6.45, 7) is 2.37. The first-order valence-electron chi connectivity index (χ1n) is 4.64. The lowest BCUT2D eigenvalue weighted by Gasteiger charge is -2.03. The fourth-order valence-electron chi connectivity index (χ4n) is 1.18. The van der Waals surface area contributed by atoms with Gasteiger partial charge in [0.05, 0.1) is 6.20 Å². The van der Waals surface area contributed by atoms with Gasteiger partial charge in [-0.05, 0) is 19.1 Å². The first-order valence-corrected chi connectivity index (χ1v) is 4.64. The van der Waals surface area contributed by atoms with Crippen LogP contribution in [0.1, 0.15) is 11.3 Å². The number of nitrogens with zero attached hydrogens (tertiary/aromatic N) is 1. The highest BCUT2D eigenvalue weighted by molar-refractivity contribution is 5.26. The van der Waals surface area contributed by atoms with Crippen LogP contribution in [-0.2, 0) is 6.61 Å². The minimum Gasteiger partial charge on any atom is -0.486 e. The van der Waals surface area contributed by atoms with Crippen molar-refractivity contribution in [2.45, 2.75) is 13.5 Å². The summed E-state index contributed by atoms with van der Waals surface area (Å²) in [6.07, 6.45) is 1.56. The van der Waals surface area contributed by atoms with Gasteiger partial charge in [0.2, 0.25) is 0 Å². The van der Waals surface area contributed by atoms with E-state index in [1.165, 1.54) is 5.56 Å². The maximum atomic E-state index is 5.47. The van der Waals surface area contributed by atoms with E-state index in [1.54, 1.807) is 6.20 Å². The monoisotopic (exact) mass is 204 g/mol. The average Bonchev–Trinajstić information content (AvgIpc) is 2.64. The van der Waals surface area contributed by atoms with Crippen molar-refractivity contribution in [2.75, 3.05) is 5.73 Å². The Morgan fingerprint density at radius 2 is 2.07 bits per heavy atom. The van der Waals surface area contributed by atoms with Gasteiger partial charge in [0.1, 0.15) is 12.4 Å². The van der Waals surface area contributed by atoms with E-state index in [0.29, 0.717) is 12.4 Å². The lowest BCUT2D eigenvalue weighted by molar-refractivity contribution is 0.272. The van der Waals surface area contributed by atoms with Gasteiger partial charge >= 0.3 is 0 Å². The molecular weight excluding hydrogens is 192 g/mol. The zero-order valence-corrected chi connectivity index (χ0v) is 8.43. The second-order valence-electron chi connectivity index (χ2n) is 3.27. The molecule has 2 aromatic rings. The molecule has 1 heterocycles. The van der Waals surface area contributed by atoms with Crippen LogP contribution in [0.4, 0.5) is 6.01 Å². The second kappa shape index (κ2) is 4.04. The van der Waals surface area contributed by atoms with Crippen LogP contribution in [0.2, 0.25) is 0 Å². The van der Waals surface area contributed by atoms with E-state index in [0.717, 1.165) is 5.75 Å². The van der Waals surface area contributed by atoms with Gasteiger partial charge in [-0.25, -0.2) is 4.98 Å². The Labute approximate surface area is 87.7 Å². The first-order chi connectivity index (χ1) is 7.24. The van der Waals surface area contributed by atoms with Crippen molar-refractivity contribution in [3.63, 3.8) is 0 Å². The van der Waals surface area contributed by atoms with E-state index in [4.69, 9.17) is 14.9 Å². The fourth-order valence-corrected chi connectivity index (χ4v) is 1.18. The molecule has 0 atom stereocenters. The zero-order chi connectivity index (χ0) is 10.7. The molecule has 4 heteroatoms. The van der Waals surface area contributed by atoms with Gasteiger partial charge in [0, 0.05) is 0 Å². The molecule has 0 saturated heterocycles. The van der Waals surface area contributed by atoms with Crippen molar-refractivity contribution in [1.29, 1.82) is 0 Å². The third-order valence-electron chi connectivity index (χ3n) is 1.97. The minimum absolute atomic E-state index is 0.164. The van der Waals surface area contributed by atoms with Crippen LogP contribution < -0.4 is 10.5 Å². The molecule has 0 radical (unpaired) electrons. The molecule has 4 nitrogen and oxygen atoms in total. The summed E-state index contributed by atoms with van der Waals surface area (Å²) >= 11 is 0. The molecule has 78 valence electrons. The largest absolute Gasteiger partial charge is 0.486 e. The predicted octanol–water partition coefficient (Wildman–Crippen LogP) is 2.14. The lowest BCUT2D eigenvalue weighted by atomic mass is 10.2. The Morgan fingerprint density at radius 3 is 2.67 bits per heavy atom. The Hall–Kier alpha value is -1.97. The van der Waals surface area contributed by atoms with Crippen LogP contribution in [0, 0.1) is 6.92 Å². The van der Waals surface area contributed by atoms with Crippen molar-refractivity contribution < 1.29 is 9.15 Å². The van der Waals surface area contributed by atoms with Gasteiger partial charge in [-0.3, -0.25) is 0 Å². The Kier molecular flexibility index (Phi) is 2.58. The standard InChI is InChI=1S/C11H12N2O2/c1-8-2-4-9(5-3-8)14-7-10-6-13-11(12)15-10/h2-6H,7H2,1H3,(H2,12,13). The van der Waals surface area contributed by atoms with Crippen LogP contribution >= 0.6 is 0 Å². The van der Waals surface area contributed by atoms with E-state index < -0.39 is 0 Å². The molecule has 0 bridgehead atoms. The maximum Gasteiger partial charge on any atom is 0.292 e. The Morgan fingerprint density at radius 1 is 1.33 bits per heavy atom. The number of ether oxygens (including phenoxy) is 1. The molecule has 0 aliphatic rings. The predicted molar refractivity (Wildman–Crippen MR) is 56.4 cm³/mol. The fraction of sp³-hybridized carbons (Fsp3) is 0.182. The summed E-state index contributed by atoms with van der Waals surface area (Å²) in [5.74, 6) is 1.42. The molecule has 2 rings (SSSR count). The first kappa shape index (κ1) is 9.58. The lowest BCUT2D eigenvalue weighted by Crippen LogP contribution is -1.93. The minimum atomic E-state index is 0.164. The smallest absolute Gasteiger partial charge is 0.292 e. The van der Waals surface area contributed by atoms with E-state index in [-0.39, 0.29) is 6.01 Å². The summed E-state index contributed by atoms with van der Waals surface area (Å²) in [5.41, 5.74) is 6.53. The molecule has 0 amide bonds. The molecule has 0 fully saturated rings. The number of hydrogen-bond donors (Lipinski definition) is 1. The highest BCUT2D eigenvalue weighted by Gasteiger charge is 2.01. The summed E-state index contributed by atoms with van der Waals surface area (Å²) in [5, 5.41) is 0. The van der Waals surface area contributed by atoms with Crippen LogP contribution in [0.5, 0.6) is 5.75 Å². The van der Waals surface area contributed by atoms with Gasteiger partial charge in [-0.1, -0.05) is 17.7 Å². The molecule has 1 aromatic carbocycles. The number of nitrogens with two attached hydrogens (primary N) is 1. The van der Waals surface area contributed by atoms with E-state index in [1.807, 2.05) is 31.2 Å². The van der Waals surface area contributed by atoms with Crippen molar-refractivity contribution in [2.24, 2.45) is 0 Å². The normalized spacial score (nSPS) is 10.2. The van der Waals surface area contributed by atoms with Crippen molar-refractivity contribution in [3.8, 4) is 5.75 Å². The van der Waals surface area contributed by atoms with Gasteiger partial charge in [0.25, 0.3) is 6.01 Å². The van der Waals surface area contributed by atoms with Crippen molar-refractivity contribution in [3.05, 3.63) is 41.8 Å². The van der Waals surface area contributed by atoms with Gasteiger partial charge in [-0.15, -0.1) is 0 Å². The van der Waals surface area contributed by atoms with Crippen molar-refractivity contribution in [1.82, 2.24) is 4.98 Å². The van der Waals surface area contributed by atoms with Crippen LogP contribution in [0.15, 0.2) is 34.9 Å². The number of hydrogen-bond acceptors (Lipinski definition) is 4. The number of oxazole rings is 1. The maximum absolute atomic E-state index is 5.47. The highest BCUT2D eigenvalue weighted by Crippen LogP contribution is 2.14. The van der Waals surface area contributed by atoms with E-state index in [9.17, 15) is 0 Å². The molecule has 0 spiro atoms. The van der Waals surface area contributed by atoms with Gasteiger partial charge < -0.3 is 14.9 Å². The molecule has 1 aromatic heterocycles. The number of benzene rings is 1. The van der Waals surface area contributed by atoms with Crippen LogP contribution in [0.25, 0.3) is 0 Å². The highest BCUT2D eigenvalue weighted by atomic mass is 16.5. The number of aryl methyl sites for hydroxylation is 1. The quantitative estimate of drug-likeness (QED) is 0.832. The number of nitrogen functional groups attached to an aromatic ring is 1. The van der Waals surface area contributed by atoms with Crippen molar-refractivity contribution >= 4 is 6.01 Å². The van der Waals surface area contributed by atoms with E-state index in [2.05, 4.69) is 4.98 Å². The zero-order valence-electron chi connectivity index (χ0n) is 8.43. The SMILES string of the molecule is Cc1ccc(OCc2cnc(N)o2)cc1. The summed E-state index contributed by atoms with van der Waals surface area (Å²) in [6, 6.07) is 7.97. The van der Waals surface area contributed by atoms with Crippen LogP contribution in [-0.4, -0.2) is 4.98 Å². The molecule has 2 N–H and O–H groups in total. The molecule has 0 unspecified atom stereocenters. The molecule has 0 aliphatic heterocycles. The second-order valence-corrected chi connectivity index (χ2v) is 3.27. The summed E-state index contributed by atoms with van der Waals surface area (Å²) in [7, 11) is 0. The molecule has 0 aliphatic carbocycles. The number of aromatic nitrogens is 1. The third-order valence-corrected chi connectivity index (χ3v) is 1.97.